The summed E-state index contributed by atoms with van der Waals surface area (Å²) in [7, 11) is 0. The van der Waals surface area contributed by atoms with Crippen molar-refractivity contribution in [2.24, 2.45) is 0 Å². The molecule has 0 saturated carbocycles. The second-order valence-electron chi connectivity index (χ2n) is 5.17. The maximum Gasteiger partial charge on any atom is 0.119 e. The summed E-state index contributed by atoms with van der Waals surface area (Å²) in [6, 6.07) is 17.0. The van der Waals surface area contributed by atoms with Crippen LogP contribution in [-0.4, -0.2) is 12.6 Å². The van der Waals surface area contributed by atoms with Crippen LogP contribution in [0.25, 0.3) is 11.1 Å². The molecule has 0 radical (unpaired) electrons. The fourth-order valence-electron chi connectivity index (χ4n) is 2.08. The predicted molar refractivity (Wildman–Crippen MR) is 85.0 cm³/mol. The Kier molecular flexibility index (Phi) is 5.19. The van der Waals surface area contributed by atoms with E-state index in [1.807, 2.05) is 26.0 Å². The lowest BCUT2D eigenvalue weighted by molar-refractivity contribution is 0.242. The normalized spacial score (nSPS) is 10.8. The van der Waals surface area contributed by atoms with Gasteiger partial charge < -0.3 is 10.1 Å². The van der Waals surface area contributed by atoms with E-state index in [0.717, 1.165) is 18.8 Å². The van der Waals surface area contributed by atoms with Crippen LogP contribution in [0.5, 0.6) is 5.75 Å². The standard InChI is InChI=1S/C18H23NO/c1-4-19-13-15-5-7-16(8-6-15)17-9-11-18(12-10-17)20-14(2)3/h5-12,14,19H,4,13H2,1-3H3. The van der Waals surface area contributed by atoms with Crippen LogP contribution in [-0.2, 0) is 6.54 Å². The van der Waals surface area contributed by atoms with E-state index in [-0.39, 0.29) is 6.10 Å². The molecule has 0 spiro atoms. The SMILES string of the molecule is CCNCc1ccc(-c2ccc(OC(C)C)cc2)cc1. The van der Waals surface area contributed by atoms with Gasteiger partial charge in [0.1, 0.15) is 5.75 Å². The fraction of sp³-hybridized carbons (Fsp3) is 0.333. The largest absolute Gasteiger partial charge is 0.491 e. The molecule has 0 fully saturated rings. The molecule has 0 unspecified atom stereocenters. The lowest BCUT2D eigenvalue weighted by Crippen LogP contribution is -2.11. The summed E-state index contributed by atoms with van der Waals surface area (Å²) in [5.74, 6) is 0.924. The molecule has 0 amide bonds. The van der Waals surface area contributed by atoms with Crippen LogP contribution in [0.3, 0.4) is 0 Å². The lowest BCUT2D eigenvalue weighted by Gasteiger charge is -2.10. The molecule has 0 aliphatic heterocycles. The van der Waals surface area contributed by atoms with Gasteiger partial charge in [0.15, 0.2) is 0 Å². The predicted octanol–water partition coefficient (Wildman–Crippen LogP) is 4.25. The highest BCUT2D eigenvalue weighted by Gasteiger charge is 2.01. The zero-order valence-corrected chi connectivity index (χ0v) is 12.5. The van der Waals surface area contributed by atoms with Gasteiger partial charge in [-0.25, -0.2) is 0 Å². The summed E-state index contributed by atoms with van der Waals surface area (Å²) in [6.45, 7) is 8.13. The van der Waals surface area contributed by atoms with E-state index in [1.54, 1.807) is 0 Å². The van der Waals surface area contributed by atoms with Gasteiger partial charge >= 0.3 is 0 Å². The Morgan fingerprint density at radius 3 is 1.95 bits per heavy atom. The highest BCUT2D eigenvalue weighted by atomic mass is 16.5. The number of nitrogens with one attached hydrogen (secondary N) is 1. The second kappa shape index (κ2) is 7.11. The molecule has 2 nitrogen and oxygen atoms in total. The van der Waals surface area contributed by atoms with E-state index in [4.69, 9.17) is 4.74 Å². The first-order valence-electron chi connectivity index (χ1n) is 7.26. The Morgan fingerprint density at radius 2 is 1.45 bits per heavy atom. The highest BCUT2D eigenvalue weighted by molar-refractivity contribution is 5.64. The Bertz CT molecular complexity index is 514. The van der Waals surface area contributed by atoms with Gasteiger partial charge in [0, 0.05) is 6.54 Å². The molecular weight excluding hydrogens is 246 g/mol. The quantitative estimate of drug-likeness (QED) is 0.846. The number of benzene rings is 2. The molecule has 20 heavy (non-hydrogen) atoms. The molecule has 2 heteroatoms. The Labute approximate surface area is 121 Å². The molecular formula is C18H23NO. The molecule has 0 saturated heterocycles. The van der Waals surface area contributed by atoms with E-state index in [2.05, 4.69) is 48.6 Å². The summed E-state index contributed by atoms with van der Waals surface area (Å²) in [4.78, 5) is 0. The molecule has 0 heterocycles. The van der Waals surface area contributed by atoms with Gasteiger partial charge in [0.05, 0.1) is 6.10 Å². The summed E-state index contributed by atoms with van der Waals surface area (Å²) in [6.07, 6.45) is 0.214. The number of rotatable bonds is 6. The average molecular weight is 269 g/mol. The average Bonchev–Trinajstić information content (AvgIpc) is 2.46. The van der Waals surface area contributed by atoms with Gasteiger partial charge in [-0.15, -0.1) is 0 Å². The minimum absolute atomic E-state index is 0.214. The Morgan fingerprint density at radius 1 is 0.900 bits per heavy atom. The maximum atomic E-state index is 5.66. The van der Waals surface area contributed by atoms with Crippen molar-refractivity contribution < 1.29 is 4.74 Å². The lowest BCUT2D eigenvalue weighted by atomic mass is 10.0. The first-order valence-corrected chi connectivity index (χ1v) is 7.26. The van der Waals surface area contributed by atoms with Gasteiger partial charge in [0.2, 0.25) is 0 Å². The van der Waals surface area contributed by atoms with Crippen LogP contribution >= 0.6 is 0 Å². The van der Waals surface area contributed by atoms with Crippen molar-refractivity contribution in [2.45, 2.75) is 33.4 Å². The summed E-state index contributed by atoms with van der Waals surface area (Å²) in [5.41, 5.74) is 3.77. The van der Waals surface area contributed by atoms with Crippen molar-refractivity contribution in [3.63, 3.8) is 0 Å². The molecule has 0 aliphatic rings. The Balaban J connectivity index is 2.07. The molecule has 0 bridgehead atoms. The highest BCUT2D eigenvalue weighted by Crippen LogP contribution is 2.23. The zero-order chi connectivity index (χ0) is 14.4. The van der Waals surface area contributed by atoms with E-state index in [0.29, 0.717) is 0 Å². The maximum absolute atomic E-state index is 5.66. The molecule has 2 aromatic rings. The molecule has 0 atom stereocenters. The summed E-state index contributed by atoms with van der Waals surface area (Å²) >= 11 is 0. The smallest absolute Gasteiger partial charge is 0.119 e. The van der Waals surface area contributed by atoms with Gasteiger partial charge in [0.25, 0.3) is 0 Å². The van der Waals surface area contributed by atoms with Crippen LogP contribution < -0.4 is 10.1 Å². The van der Waals surface area contributed by atoms with Crippen molar-refractivity contribution in [2.75, 3.05) is 6.54 Å². The molecule has 106 valence electrons. The Hall–Kier alpha value is -1.80. The van der Waals surface area contributed by atoms with E-state index < -0.39 is 0 Å². The fourth-order valence-corrected chi connectivity index (χ4v) is 2.08. The third-order valence-electron chi connectivity index (χ3n) is 3.09. The van der Waals surface area contributed by atoms with Crippen LogP contribution in [0.2, 0.25) is 0 Å². The molecule has 2 rings (SSSR count). The second-order valence-corrected chi connectivity index (χ2v) is 5.17. The minimum Gasteiger partial charge on any atom is -0.491 e. The summed E-state index contributed by atoms with van der Waals surface area (Å²) in [5, 5.41) is 3.33. The van der Waals surface area contributed by atoms with Crippen LogP contribution in [0.4, 0.5) is 0 Å². The third-order valence-corrected chi connectivity index (χ3v) is 3.09. The van der Waals surface area contributed by atoms with E-state index in [9.17, 15) is 0 Å². The van der Waals surface area contributed by atoms with E-state index in [1.165, 1.54) is 16.7 Å². The van der Waals surface area contributed by atoms with Crippen LogP contribution in [0.1, 0.15) is 26.3 Å². The molecule has 0 aromatic heterocycles. The van der Waals surface area contributed by atoms with Crippen molar-refractivity contribution in [1.82, 2.24) is 5.32 Å². The van der Waals surface area contributed by atoms with Crippen molar-refractivity contribution in [3.05, 3.63) is 54.1 Å². The summed E-state index contributed by atoms with van der Waals surface area (Å²) < 4.78 is 5.66. The third kappa shape index (κ3) is 4.10. The molecule has 1 N–H and O–H groups in total. The topological polar surface area (TPSA) is 21.3 Å². The van der Waals surface area contributed by atoms with E-state index >= 15 is 0 Å². The number of ether oxygens (including phenoxy) is 1. The van der Waals surface area contributed by atoms with Crippen LogP contribution in [0.15, 0.2) is 48.5 Å². The van der Waals surface area contributed by atoms with Gasteiger partial charge in [-0.05, 0) is 49.2 Å². The van der Waals surface area contributed by atoms with Crippen molar-refractivity contribution in [3.8, 4) is 16.9 Å². The first-order chi connectivity index (χ1) is 9.69. The van der Waals surface area contributed by atoms with Gasteiger partial charge in [-0.2, -0.15) is 0 Å². The van der Waals surface area contributed by atoms with Crippen molar-refractivity contribution >= 4 is 0 Å². The van der Waals surface area contributed by atoms with Gasteiger partial charge in [-0.3, -0.25) is 0 Å². The minimum atomic E-state index is 0.214. The van der Waals surface area contributed by atoms with Crippen molar-refractivity contribution in [1.29, 1.82) is 0 Å². The molecule has 0 aliphatic carbocycles. The first kappa shape index (κ1) is 14.6. The van der Waals surface area contributed by atoms with Gasteiger partial charge in [-0.1, -0.05) is 43.3 Å². The molecule has 2 aromatic carbocycles. The monoisotopic (exact) mass is 269 g/mol. The number of hydrogen-bond donors (Lipinski definition) is 1. The zero-order valence-electron chi connectivity index (χ0n) is 12.5. The van der Waals surface area contributed by atoms with Crippen LogP contribution in [0, 0.1) is 0 Å². The number of hydrogen-bond acceptors (Lipinski definition) is 2.